The van der Waals surface area contributed by atoms with E-state index in [1.807, 2.05) is 12.1 Å². The van der Waals surface area contributed by atoms with E-state index in [0.29, 0.717) is 19.7 Å². The molecule has 5 nitrogen and oxygen atoms in total. The van der Waals surface area contributed by atoms with Crippen molar-refractivity contribution in [3.05, 3.63) is 57.3 Å². The molecule has 0 radical (unpaired) electrons. The van der Waals surface area contributed by atoms with Gasteiger partial charge in [-0.3, -0.25) is 9.69 Å². The van der Waals surface area contributed by atoms with Gasteiger partial charge < -0.3 is 9.94 Å². The van der Waals surface area contributed by atoms with Crippen molar-refractivity contribution in [2.75, 3.05) is 26.2 Å². The lowest BCUT2D eigenvalue weighted by molar-refractivity contribution is -0.143. The first kappa shape index (κ1) is 19.6. The number of thiophene rings is 1. The molecule has 1 N–H and O–H groups in total. The summed E-state index contributed by atoms with van der Waals surface area (Å²) in [5, 5.41) is 15.8. The number of benzene rings is 1. The second-order valence-electron chi connectivity index (χ2n) is 7.00. The predicted octanol–water partition coefficient (Wildman–Crippen LogP) is 3.93. The number of carbonyl (C=O) groups is 1. The Balaban J connectivity index is 1.67. The third kappa shape index (κ3) is 4.96. The molecule has 1 aromatic heterocycles. The molecule has 0 unspecified atom stereocenters. The molecule has 1 aliphatic heterocycles. The molecular formula is C21H26N2O3S. The molecule has 1 fully saturated rings. The molecule has 0 bridgehead atoms. The molecule has 1 aromatic carbocycles. The van der Waals surface area contributed by atoms with Gasteiger partial charge in [0.25, 0.3) is 0 Å². The Morgan fingerprint density at radius 3 is 2.81 bits per heavy atom. The maximum absolute atomic E-state index is 11.2. The zero-order valence-electron chi connectivity index (χ0n) is 15.9. The van der Waals surface area contributed by atoms with Crippen molar-refractivity contribution >= 4 is 23.0 Å². The molecule has 1 atom stereocenters. The van der Waals surface area contributed by atoms with Crippen molar-refractivity contribution < 1.29 is 14.7 Å². The van der Waals surface area contributed by atoms with Gasteiger partial charge in [-0.05, 0) is 55.8 Å². The predicted molar refractivity (Wildman–Crippen MR) is 109 cm³/mol. The maximum atomic E-state index is 11.2. The summed E-state index contributed by atoms with van der Waals surface area (Å²) in [4.78, 5) is 20.2. The van der Waals surface area contributed by atoms with Gasteiger partial charge >= 0.3 is 5.97 Å². The van der Waals surface area contributed by atoms with Crippen LogP contribution in [0.1, 0.15) is 34.4 Å². The SMILES string of the molecule is Cc1ccccc1/C(=N/OCCN1CCC[C@H](C(=O)O)C1)c1sccc1C. The van der Waals surface area contributed by atoms with Crippen LogP contribution in [0, 0.1) is 19.8 Å². The van der Waals surface area contributed by atoms with Gasteiger partial charge in [-0.2, -0.15) is 0 Å². The zero-order valence-corrected chi connectivity index (χ0v) is 16.7. The molecule has 0 amide bonds. The zero-order chi connectivity index (χ0) is 19.2. The van der Waals surface area contributed by atoms with Crippen LogP contribution >= 0.6 is 11.3 Å². The average Bonchev–Trinajstić information content (AvgIpc) is 3.09. The summed E-state index contributed by atoms with van der Waals surface area (Å²) in [6.45, 7) is 6.82. The molecule has 0 saturated carbocycles. The van der Waals surface area contributed by atoms with Crippen LogP contribution in [0.25, 0.3) is 0 Å². The summed E-state index contributed by atoms with van der Waals surface area (Å²) >= 11 is 1.66. The molecule has 2 heterocycles. The second kappa shape index (κ2) is 9.15. The van der Waals surface area contributed by atoms with E-state index in [-0.39, 0.29) is 5.92 Å². The van der Waals surface area contributed by atoms with Gasteiger partial charge in [0.2, 0.25) is 0 Å². The number of carboxylic acids is 1. The van der Waals surface area contributed by atoms with Gasteiger partial charge in [-0.15, -0.1) is 11.3 Å². The van der Waals surface area contributed by atoms with Crippen molar-refractivity contribution in [1.82, 2.24) is 4.90 Å². The monoisotopic (exact) mass is 386 g/mol. The minimum Gasteiger partial charge on any atom is -0.481 e. The Hall–Kier alpha value is -2.18. The Kier molecular flexibility index (Phi) is 6.63. The Morgan fingerprint density at radius 2 is 2.11 bits per heavy atom. The fourth-order valence-electron chi connectivity index (χ4n) is 3.41. The standard InChI is InChI=1S/C21H26N2O3S/c1-15-6-3-4-8-18(15)19(20-16(2)9-13-27-20)22-26-12-11-23-10-5-7-17(14-23)21(24)25/h3-4,6,8-9,13,17H,5,7,10-12,14H2,1-2H3,(H,24,25)/b22-19-/t17-/m0/s1. The first-order chi connectivity index (χ1) is 13.1. The highest BCUT2D eigenvalue weighted by Gasteiger charge is 2.25. The molecule has 1 aliphatic rings. The summed E-state index contributed by atoms with van der Waals surface area (Å²) in [5.74, 6) is -0.966. The highest BCUT2D eigenvalue weighted by atomic mass is 32.1. The Bertz CT molecular complexity index is 815. The number of likely N-dealkylation sites (tertiary alicyclic amines) is 1. The summed E-state index contributed by atoms with van der Waals surface area (Å²) in [7, 11) is 0. The van der Waals surface area contributed by atoms with E-state index in [1.165, 1.54) is 5.56 Å². The second-order valence-corrected chi connectivity index (χ2v) is 7.91. The lowest BCUT2D eigenvalue weighted by atomic mass is 9.98. The minimum atomic E-state index is -0.700. The fourth-order valence-corrected chi connectivity index (χ4v) is 4.33. The van der Waals surface area contributed by atoms with Gasteiger partial charge in [0, 0.05) is 18.7 Å². The number of rotatable bonds is 7. The van der Waals surface area contributed by atoms with E-state index in [9.17, 15) is 9.90 Å². The quantitative estimate of drug-likeness (QED) is 0.445. The molecule has 0 spiro atoms. The number of aryl methyl sites for hydroxylation is 2. The first-order valence-corrected chi connectivity index (χ1v) is 10.2. The van der Waals surface area contributed by atoms with Crippen LogP contribution in [0.4, 0.5) is 0 Å². The molecule has 3 rings (SSSR count). The van der Waals surface area contributed by atoms with Gasteiger partial charge in [0.15, 0.2) is 0 Å². The topological polar surface area (TPSA) is 62.1 Å². The Morgan fingerprint density at radius 1 is 1.30 bits per heavy atom. The van der Waals surface area contributed by atoms with Gasteiger partial charge in [-0.25, -0.2) is 0 Å². The number of carboxylic acid groups (broad SMARTS) is 1. The van der Waals surface area contributed by atoms with Crippen molar-refractivity contribution in [3.63, 3.8) is 0 Å². The molecule has 1 saturated heterocycles. The number of hydrogen-bond acceptors (Lipinski definition) is 5. The van der Waals surface area contributed by atoms with Crippen LogP contribution in [0.15, 0.2) is 40.9 Å². The summed E-state index contributed by atoms with van der Waals surface area (Å²) < 4.78 is 0. The van der Waals surface area contributed by atoms with Gasteiger partial charge in [0.1, 0.15) is 12.3 Å². The van der Waals surface area contributed by atoms with Crippen LogP contribution in [0.5, 0.6) is 0 Å². The third-order valence-corrected chi connectivity index (χ3v) is 6.01. The maximum Gasteiger partial charge on any atom is 0.307 e. The number of oxime groups is 1. The van der Waals surface area contributed by atoms with E-state index in [4.69, 9.17) is 4.84 Å². The van der Waals surface area contributed by atoms with E-state index in [2.05, 4.69) is 47.5 Å². The summed E-state index contributed by atoms with van der Waals surface area (Å²) in [5.41, 5.74) is 4.29. The number of hydrogen-bond donors (Lipinski definition) is 1. The van der Waals surface area contributed by atoms with E-state index >= 15 is 0 Å². The molecule has 0 aliphatic carbocycles. The molecule has 144 valence electrons. The third-order valence-electron chi connectivity index (χ3n) is 4.99. The minimum absolute atomic E-state index is 0.265. The molecule has 2 aromatic rings. The van der Waals surface area contributed by atoms with E-state index in [1.54, 1.807) is 11.3 Å². The van der Waals surface area contributed by atoms with Crippen LogP contribution in [0.3, 0.4) is 0 Å². The van der Waals surface area contributed by atoms with Crippen LogP contribution < -0.4 is 0 Å². The average molecular weight is 387 g/mol. The van der Waals surface area contributed by atoms with Crippen LogP contribution in [0.2, 0.25) is 0 Å². The number of piperidine rings is 1. The van der Waals surface area contributed by atoms with Crippen molar-refractivity contribution in [1.29, 1.82) is 0 Å². The highest BCUT2D eigenvalue weighted by Crippen LogP contribution is 2.23. The van der Waals surface area contributed by atoms with Crippen molar-refractivity contribution in [2.45, 2.75) is 26.7 Å². The highest BCUT2D eigenvalue weighted by molar-refractivity contribution is 7.12. The molecular weight excluding hydrogens is 360 g/mol. The Labute approximate surface area is 164 Å². The first-order valence-electron chi connectivity index (χ1n) is 9.32. The van der Waals surface area contributed by atoms with Gasteiger partial charge in [0.05, 0.1) is 10.8 Å². The summed E-state index contributed by atoms with van der Waals surface area (Å²) in [6, 6.07) is 10.3. The number of nitrogens with zero attached hydrogens (tertiary/aromatic N) is 2. The fraction of sp³-hybridized carbons (Fsp3) is 0.429. The van der Waals surface area contributed by atoms with E-state index < -0.39 is 5.97 Å². The van der Waals surface area contributed by atoms with Crippen LogP contribution in [-0.4, -0.2) is 47.9 Å². The molecule has 27 heavy (non-hydrogen) atoms. The smallest absolute Gasteiger partial charge is 0.307 e. The number of aliphatic carboxylic acids is 1. The van der Waals surface area contributed by atoms with E-state index in [0.717, 1.165) is 41.1 Å². The van der Waals surface area contributed by atoms with Crippen molar-refractivity contribution in [2.24, 2.45) is 11.1 Å². The van der Waals surface area contributed by atoms with Crippen molar-refractivity contribution in [3.8, 4) is 0 Å². The summed E-state index contributed by atoms with van der Waals surface area (Å²) in [6.07, 6.45) is 1.68. The normalized spacial score (nSPS) is 18.4. The van der Waals surface area contributed by atoms with Gasteiger partial charge in [-0.1, -0.05) is 29.4 Å². The van der Waals surface area contributed by atoms with Crippen LogP contribution in [-0.2, 0) is 9.63 Å². The lowest BCUT2D eigenvalue weighted by Gasteiger charge is -2.29. The lowest BCUT2D eigenvalue weighted by Crippen LogP contribution is -2.40. The molecule has 6 heteroatoms. The largest absolute Gasteiger partial charge is 0.481 e.